The molecule has 1 aliphatic heterocycles. The van der Waals surface area contributed by atoms with Crippen LogP contribution in [-0.2, 0) is 14.3 Å². The van der Waals surface area contributed by atoms with Gasteiger partial charge in [-0.25, -0.2) is 9.97 Å². The van der Waals surface area contributed by atoms with Gasteiger partial charge in [-0.1, -0.05) is 24.8 Å². The van der Waals surface area contributed by atoms with Gasteiger partial charge in [0.2, 0.25) is 11.8 Å². The van der Waals surface area contributed by atoms with Gasteiger partial charge in [0.1, 0.15) is 6.26 Å². The molecule has 4 rings (SSSR count). The molecule has 0 bridgehead atoms. The van der Waals surface area contributed by atoms with Gasteiger partial charge in [-0.2, -0.15) is 0 Å². The normalized spacial score (nSPS) is 24.7. The largest absolute Gasteiger partial charge is 0.451 e. The van der Waals surface area contributed by atoms with Gasteiger partial charge in [-0.3, -0.25) is 19.7 Å². The predicted molar refractivity (Wildman–Crippen MR) is 132 cm³/mol. The van der Waals surface area contributed by atoms with Crippen LogP contribution in [0, 0.1) is 11.8 Å². The number of hydrogen-bond acceptors (Lipinski definition) is 9. The summed E-state index contributed by atoms with van der Waals surface area (Å²) in [4.78, 5) is 49.2. The van der Waals surface area contributed by atoms with Crippen LogP contribution in [0.25, 0.3) is 0 Å². The van der Waals surface area contributed by atoms with E-state index in [0.717, 1.165) is 10.6 Å². The molecular weight excluding hydrogens is 490 g/mol. The molecule has 1 saturated carbocycles. The highest BCUT2D eigenvalue weighted by Gasteiger charge is 2.42. The number of aromatic nitrogens is 2. The van der Waals surface area contributed by atoms with E-state index in [0.29, 0.717) is 43.6 Å². The molecule has 2 fully saturated rings. The second-order valence-electron chi connectivity index (χ2n) is 8.65. The standard InChI is InChI=1S/C23H29N5O5S2/c1-4-19(29)27-5-7-28(8-6-27)22(31)15-10-18(14(2)9-17(15)32-3)34-20-11-24-23(35-20)26-21(30)16-12-33-13-25-16/h4,11-15,17-18H,1,5-10H2,2-3H3,(H,24,26,30). The van der Waals surface area contributed by atoms with Crippen molar-refractivity contribution in [1.29, 1.82) is 0 Å². The van der Waals surface area contributed by atoms with Crippen LogP contribution in [0.15, 0.2) is 40.1 Å². The molecule has 2 aromatic heterocycles. The maximum atomic E-state index is 13.5. The molecule has 1 N–H and O–H groups in total. The van der Waals surface area contributed by atoms with Crippen molar-refractivity contribution in [2.24, 2.45) is 11.8 Å². The first-order valence-electron chi connectivity index (χ1n) is 11.4. The lowest BCUT2D eigenvalue weighted by atomic mass is 9.79. The van der Waals surface area contributed by atoms with Crippen LogP contribution >= 0.6 is 23.1 Å². The molecular formula is C23H29N5O5S2. The maximum absolute atomic E-state index is 13.5. The average molecular weight is 520 g/mol. The Morgan fingerprint density at radius 3 is 2.63 bits per heavy atom. The van der Waals surface area contributed by atoms with E-state index in [4.69, 9.17) is 9.15 Å². The minimum absolute atomic E-state index is 0.0879. The number of ether oxygens (including phenoxy) is 1. The summed E-state index contributed by atoms with van der Waals surface area (Å²) in [5.74, 6) is -0.291. The Labute approximate surface area is 212 Å². The number of nitrogens with zero attached hydrogens (tertiary/aromatic N) is 4. The average Bonchev–Trinajstić information content (AvgIpc) is 3.57. The number of thiazole rings is 1. The van der Waals surface area contributed by atoms with Crippen LogP contribution < -0.4 is 5.32 Å². The Bertz CT molecular complexity index is 1050. The summed E-state index contributed by atoms with van der Waals surface area (Å²) in [7, 11) is 1.67. The summed E-state index contributed by atoms with van der Waals surface area (Å²) in [6, 6.07) is 0. The van der Waals surface area contributed by atoms with Gasteiger partial charge in [-0.15, -0.1) is 11.8 Å². The fourth-order valence-corrected chi connectivity index (χ4v) is 6.92. The first-order valence-corrected chi connectivity index (χ1v) is 13.1. The number of carbonyl (C=O) groups excluding carboxylic acids is 3. The van der Waals surface area contributed by atoms with E-state index < -0.39 is 0 Å². The Kier molecular flexibility index (Phi) is 8.24. The van der Waals surface area contributed by atoms with Crippen molar-refractivity contribution < 1.29 is 23.5 Å². The van der Waals surface area contributed by atoms with Crippen molar-refractivity contribution in [3.05, 3.63) is 37.2 Å². The Hall–Kier alpha value is -2.70. The second-order valence-corrected chi connectivity index (χ2v) is 11.2. The van der Waals surface area contributed by atoms with Crippen LogP contribution in [0.1, 0.15) is 30.3 Å². The highest BCUT2D eigenvalue weighted by atomic mass is 32.2. The van der Waals surface area contributed by atoms with Crippen molar-refractivity contribution in [3.63, 3.8) is 0 Å². The van der Waals surface area contributed by atoms with E-state index in [-0.39, 0.29) is 40.7 Å². The molecule has 3 heterocycles. The van der Waals surface area contributed by atoms with E-state index in [2.05, 4.69) is 28.8 Å². The highest BCUT2D eigenvalue weighted by molar-refractivity contribution is 8.01. The van der Waals surface area contributed by atoms with Crippen LogP contribution in [-0.4, -0.2) is 82.1 Å². The van der Waals surface area contributed by atoms with Crippen LogP contribution in [0.3, 0.4) is 0 Å². The van der Waals surface area contributed by atoms with Gasteiger partial charge in [0.15, 0.2) is 17.2 Å². The van der Waals surface area contributed by atoms with E-state index in [1.165, 1.54) is 30.1 Å². The van der Waals surface area contributed by atoms with Crippen molar-refractivity contribution in [3.8, 4) is 0 Å². The molecule has 2 aliphatic rings. The lowest BCUT2D eigenvalue weighted by Gasteiger charge is -2.42. The maximum Gasteiger partial charge on any atom is 0.279 e. The number of rotatable bonds is 7. The molecule has 35 heavy (non-hydrogen) atoms. The minimum atomic E-state index is -0.376. The Morgan fingerprint density at radius 1 is 1.23 bits per heavy atom. The third-order valence-corrected chi connectivity index (χ3v) is 9.05. The number of methoxy groups -OCH3 is 1. The van der Waals surface area contributed by atoms with Crippen molar-refractivity contribution >= 4 is 46.0 Å². The first-order chi connectivity index (χ1) is 16.9. The van der Waals surface area contributed by atoms with Crippen LogP contribution in [0.5, 0.6) is 0 Å². The number of oxazole rings is 1. The Morgan fingerprint density at radius 2 is 1.97 bits per heavy atom. The quantitative estimate of drug-likeness (QED) is 0.555. The molecule has 188 valence electrons. The molecule has 4 atom stereocenters. The lowest BCUT2D eigenvalue weighted by molar-refractivity contribution is -0.146. The number of thioether (sulfide) groups is 1. The monoisotopic (exact) mass is 519 g/mol. The summed E-state index contributed by atoms with van der Waals surface area (Å²) in [6.45, 7) is 7.78. The van der Waals surface area contributed by atoms with Gasteiger partial charge in [-0.05, 0) is 24.8 Å². The zero-order valence-corrected chi connectivity index (χ0v) is 21.3. The number of piperazine rings is 1. The van der Waals surface area contributed by atoms with Crippen molar-refractivity contribution in [2.75, 3.05) is 38.6 Å². The zero-order valence-electron chi connectivity index (χ0n) is 19.7. The molecule has 1 aliphatic carbocycles. The van der Waals surface area contributed by atoms with E-state index in [9.17, 15) is 14.4 Å². The zero-order chi connectivity index (χ0) is 24.9. The van der Waals surface area contributed by atoms with Gasteiger partial charge >= 0.3 is 0 Å². The van der Waals surface area contributed by atoms with Gasteiger partial charge in [0.25, 0.3) is 5.91 Å². The molecule has 4 unspecified atom stereocenters. The smallest absolute Gasteiger partial charge is 0.279 e. The second kappa shape index (κ2) is 11.4. The molecule has 0 aromatic carbocycles. The summed E-state index contributed by atoms with van der Waals surface area (Å²) in [5, 5.41) is 3.42. The highest BCUT2D eigenvalue weighted by Crippen LogP contribution is 2.43. The number of amides is 3. The molecule has 3 amide bonds. The fraction of sp³-hybridized carbons (Fsp3) is 0.522. The number of anilines is 1. The van der Waals surface area contributed by atoms with E-state index in [1.807, 2.05) is 4.90 Å². The molecule has 12 heteroatoms. The van der Waals surface area contributed by atoms with Gasteiger partial charge < -0.3 is 19.0 Å². The molecule has 0 radical (unpaired) electrons. The number of hydrogen-bond donors (Lipinski definition) is 1. The summed E-state index contributed by atoms with van der Waals surface area (Å²) >= 11 is 3.08. The summed E-state index contributed by atoms with van der Waals surface area (Å²) in [6.07, 6.45) is 6.88. The van der Waals surface area contributed by atoms with Crippen molar-refractivity contribution in [1.82, 2.24) is 19.8 Å². The van der Waals surface area contributed by atoms with Crippen molar-refractivity contribution in [2.45, 2.75) is 35.3 Å². The number of carbonyl (C=O) groups is 3. The SMILES string of the molecule is C=CC(=O)N1CCN(C(=O)C2CC(Sc3cnc(NC(=O)c4cocn4)s3)C(C)CC2OC)CC1. The fourth-order valence-electron chi connectivity index (χ4n) is 4.52. The molecule has 0 spiro atoms. The third kappa shape index (κ3) is 5.93. The van der Waals surface area contributed by atoms with Crippen LogP contribution in [0.4, 0.5) is 5.13 Å². The molecule has 2 aromatic rings. The lowest BCUT2D eigenvalue weighted by Crippen LogP contribution is -2.54. The van der Waals surface area contributed by atoms with E-state index >= 15 is 0 Å². The number of nitrogens with one attached hydrogen (secondary N) is 1. The topological polar surface area (TPSA) is 118 Å². The summed E-state index contributed by atoms with van der Waals surface area (Å²) in [5.41, 5.74) is 0.192. The van der Waals surface area contributed by atoms with Crippen LogP contribution in [0.2, 0.25) is 0 Å². The van der Waals surface area contributed by atoms with Gasteiger partial charge in [0, 0.05) is 38.5 Å². The predicted octanol–water partition coefficient (Wildman–Crippen LogP) is 2.76. The minimum Gasteiger partial charge on any atom is -0.451 e. The third-order valence-electron chi connectivity index (χ3n) is 6.51. The molecule has 1 saturated heterocycles. The first kappa shape index (κ1) is 25.4. The van der Waals surface area contributed by atoms with E-state index in [1.54, 1.807) is 30.0 Å². The summed E-state index contributed by atoms with van der Waals surface area (Å²) < 4.78 is 11.6. The van der Waals surface area contributed by atoms with Gasteiger partial charge in [0.05, 0.1) is 22.4 Å². The molecule has 10 nitrogen and oxygen atoms in total. The Balaban J connectivity index is 1.37.